The first-order valence-electron chi connectivity index (χ1n) is 22.0. The molecule has 0 radical (unpaired) electrons. The molecule has 0 aliphatic carbocycles. The lowest BCUT2D eigenvalue weighted by Crippen LogP contribution is -2.11. The minimum atomic E-state index is 1.10. The average molecular weight is 815 g/mol. The lowest BCUT2D eigenvalue weighted by atomic mass is 9.84. The van der Waals surface area contributed by atoms with Gasteiger partial charge in [-0.3, -0.25) is 0 Å². The Kier molecular flexibility index (Phi) is 9.20. The first kappa shape index (κ1) is 37.3. The van der Waals surface area contributed by atoms with Crippen LogP contribution < -0.4 is 9.80 Å². The molecule has 12 aromatic rings. The monoisotopic (exact) mass is 814 g/mol. The van der Waals surface area contributed by atoms with E-state index in [9.17, 15) is 0 Å². The van der Waals surface area contributed by atoms with Crippen LogP contribution in [-0.2, 0) is 0 Å². The Morgan fingerprint density at radius 2 is 0.609 bits per heavy atom. The highest BCUT2D eigenvalue weighted by Crippen LogP contribution is 2.50. The van der Waals surface area contributed by atoms with Gasteiger partial charge >= 0.3 is 0 Å². The molecular weight excluding hydrogens is 773 g/mol. The molecule has 12 rings (SSSR count). The number of fused-ring (bicyclic) bond motifs is 5. The summed E-state index contributed by atoms with van der Waals surface area (Å²) in [5, 5.41) is 12.1. The van der Waals surface area contributed by atoms with Gasteiger partial charge in [0.2, 0.25) is 0 Å². The van der Waals surface area contributed by atoms with Crippen molar-refractivity contribution in [1.82, 2.24) is 0 Å². The summed E-state index contributed by atoms with van der Waals surface area (Å²) in [6.45, 7) is 0. The van der Waals surface area contributed by atoms with Gasteiger partial charge in [0.1, 0.15) is 0 Å². The lowest BCUT2D eigenvalue weighted by Gasteiger charge is -2.29. The molecule has 300 valence electrons. The molecule has 12 aromatic carbocycles. The largest absolute Gasteiger partial charge is 0.310 e. The number of hydrogen-bond donors (Lipinski definition) is 0. The van der Waals surface area contributed by atoms with Crippen LogP contribution in [0, 0.1) is 0 Å². The van der Waals surface area contributed by atoms with Crippen molar-refractivity contribution in [1.29, 1.82) is 0 Å². The van der Waals surface area contributed by atoms with Crippen LogP contribution in [0.1, 0.15) is 0 Å². The predicted molar refractivity (Wildman–Crippen MR) is 274 cm³/mol. The fourth-order valence-corrected chi connectivity index (χ4v) is 9.95. The second kappa shape index (κ2) is 15.8. The number of para-hydroxylation sites is 2. The van der Waals surface area contributed by atoms with E-state index in [4.69, 9.17) is 0 Å². The highest BCUT2D eigenvalue weighted by molar-refractivity contribution is 6.25. The van der Waals surface area contributed by atoms with Crippen LogP contribution in [0.5, 0.6) is 0 Å². The molecule has 0 atom stereocenters. The summed E-state index contributed by atoms with van der Waals surface area (Å²) in [6.07, 6.45) is 0. The molecule has 0 unspecified atom stereocenters. The van der Waals surface area contributed by atoms with E-state index in [2.05, 4.69) is 265 Å². The Labute approximate surface area is 373 Å². The van der Waals surface area contributed by atoms with E-state index < -0.39 is 0 Å². The third-order valence-corrected chi connectivity index (χ3v) is 12.8. The Morgan fingerprint density at radius 3 is 1.14 bits per heavy atom. The van der Waals surface area contributed by atoms with E-state index in [-0.39, 0.29) is 0 Å². The van der Waals surface area contributed by atoms with Gasteiger partial charge in [-0.1, -0.05) is 194 Å². The summed E-state index contributed by atoms with van der Waals surface area (Å²) in [4.78, 5) is 4.84. The molecule has 0 bridgehead atoms. The van der Waals surface area contributed by atoms with E-state index in [0.717, 1.165) is 34.1 Å². The molecule has 0 aliphatic rings. The van der Waals surface area contributed by atoms with Gasteiger partial charge in [-0.2, -0.15) is 0 Å². The van der Waals surface area contributed by atoms with Crippen molar-refractivity contribution in [2.45, 2.75) is 0 Å². The Bertz CT molecular complexity index is 3660. The van der Waals surface area contributed by atoms with Gasteiger partial charge in [0, 0.05) is 33.5 Å². The van der Waals surface area contributed by atoms with Gasteiger partial charge in [0.05, 0.1) is 11.4 Å². The molecule has 0 saturated carbocycles. The topological polar surface area (TPSA) is 6.48 Å². The third-order valence-electron chi connectivity index (χ3n) is 12.8. The van der Waals surface area contributed by atoms with Crippen molar-refractivity contribution in [3.8, 4) is 22.3 Å². The highest BCUT2D eigenvalue weighted by atomic mass is 15.1. The number of rotatable bonds is 8. The highest BCUT2D eigenvalue weighted by Gasteiger charge is 2.24. The molecule has 64 heavy (non-hydrogen) atoms. The average Bonchev–Trinajstić information content (AvgIpc) is 3.37. The van der Waals surface area contributed by atoms with Crippen molar-refractivity contribution in [3.63, 3.8) is 0 Å². The minimum Gasteiger partial charge on any atom is -0.310 e. The number of anilines is 6. The molecule has 0 saturated heterocycles. The van der Waals surface area contributed by atoms with Crippen molar-refractivity contribution in [2.75, 3.05) is 9.80 Å². The van der Waals surface area contributed by atoms with Gasteiger partial charge in [0.15, 0.2) is 0 Å². The maximum Gasteiger partial charge on any atom is 0.0540 e. The smallest absolute Gasteiger partial charge is 0.0540 e. The molecule has 0 N–H and O–H groups in total. The maximum atomic E-state index is 2.44. The van der Waals surface area contributed by atoms with Crippen LogP contribution in [-0.4, -0.2) is 0 Å². The van der Waals surface area contributed by atoms with Crippen LogP contribution in [0.4, 0.5) is 34.1 Å². The summed E-state index contributed by atoms with van der Waals surface area (Å²) >= 11 is 0. The second-order valence-corrected chi connectivity index (χ2v) is 16.4. The normalized spacial score (nSPS) is 11.4. The molecule has 0 spiro atoms. The SMILES string of the molecule is c1ccc(-c2c3cc(N(c4ccccc4)c4cccc5ccccc45)ccc3c(-c3cccc4ccccc34)c3cc(N(c4ccccc4)c4cccc5ccccc45)ccc23)cc1. The summed E-state index contributed by atoms with van der Waals surface area (Å²) in [6, 6.07) is 92.9. The summed E-state index contributed by atoms with van der Waals surface area (Å²) < 4.78 is 0. The Morgan fingerprint density at radius 1 is 0.219 bits per heavy atom. The fraction of sp³-hybridized carbons (Fsp3) is 0. The van der Waals surface area contributed by atoms with Crippen molar-refractivity contribution >= 4 is 88.0 Å². The molecule has 0 aliphatic heterocycles. The third kappa shape index (κ3) is 6.35. The van der Waals surface area contributed by atoms with Crippen LogP contribution in [0.3, 0.4) is 0 Å². The van der Waals surface area contributed by atoms with Gasteiger partial charge in [0.25, 0.3) is 0 Å². The van der Waals surface area contributed by atoms with E-state index in [0.29, 0.717) is 0 Å². The molecule has 2 nitrogen and oxygen atoms in total. The van der Waals surface area contributed by atoms with Gasteiger partial charge < -0.3 is 9.80 Å². The van der Waals surface area contributed by atoms with Crippen LogP contribution in [0.15, 0.2) is 255 Å². The first-order chi connectivity index (χ1) is 31.8. The van der Waals surface area contributed by atoms with Crippen molar-refractivity contribution in [2.24, 2.45) is 0 Å². The molecular formula is C62H42N2. The van der Waals surface area contributed by atoms with E-state index in [1.54, 1.807) is 0 Å². The summed E-state index contributed by atoms with van der Waals surface area (Å²) in [5.74, 6) is 0. The number of hydrogen-bond acceptors (Lipinski definition) is 2. The summed E-state index contributed by atoms with van der Waals surface area (Å²) in [5.41, 5.74) is 11.5. The molecule has 0 aromatic heterocycles. The van der Waals surface area contributed by atoms with E-state index in [1.165, 1.54) is 76.1 Å². The predicted octanol–water partition coefficient (Wildman–Crippen LogP) is 17.7. The molecule has 2 heteroatoms. The maximum absolute atomic E-state index is 2.44. The number of nitrogens with zero attached hydrogens (tertiary/aromatic N) is 2. The molecule has 0 heterocycles. The van der Waals surface area contributed by atoms with E-state index in [1.807, 2.05) is 0 Å². The minimum absolute atomic E-state index is 1.10. The Balaban J connectivity index is 1.20. The summed E-state index contributed by atoms with van der Waals surface area (Å²) in [7, 11) is 0. The van der Waals surface area contributed by atoms with Crippen molar-refractivity contribution < 1.29 is 0 Å². The standard InChI is InChI=1S/C62H42N2/c1-4-22-46(23-5-1)61-55-39-37-50(64(48-29-8-3-9-30-48)60-36-18-26-45-21-12-15-33-53(45)60)42-58(55)62(54-34-16-24-43-19-10-13-31-51(43)54)56-40-38-49(41-57(56)61)63(47-27-6-2-7-28-47)59-35-17-25-44-20-11-14-32-52(44)59/h1-42H. The second-order valence-electron chi connectivity index (χ2n) is 16.4. The zero-order valence-corrected chi connectivity index (χ0v) is 35.1. The lowest BCUT2D eigenvalue weighted by molar-refractivity contribution is 1.30. The Hall–Kier alpha value is -8.46. The van der Waals surface area contributed by atoms with Gasteiger partial charge in [-0.05, 0) is 126 Å². The van der Waals surface area contributed by atoms with Gasteiger partial charge in [-0.15, -0.1) is 0 Å². The zero-order chi connectivity index (χ0) is 42.4. The van der Waals surface area contributed by atoms with Crippen LogP contribution in [0.2, 0.25) is 0 Å². The van der Waals surface area contributed by atoms with Crippen LogP contribution in [0.25, 0.3) is 76.1 Å². The number of benzene rings is 12. The van der Waals surface area contributed by atoms with Gasteiger partial charge in [-0.25, -0.2) is 0 Å². The quantitative estimate of drug-likeness (QED) is 0.141. The molecule has 0 amide bonds. The molecule has 0 fully saturated rings. The fourth-order valence-electron chi connectivity index (χ4n) is 9.95. The first-order valence-corrected chi connectivity index (χ1v) is 22.0. The van der Waals surface area contributed by atoms with Crippen LogP contribution >= 0.6 is 0 Å². The van der Waals surface area contributed by atoms with Crippen molar-refractivity contribution in [3.05, 3.63) is 255 Å². The zero-order valence-electron chi connectivity index (χ0n) is 35.1. The van der Waals surface area contributed by atoms with E-state index >= 15 is 0 Å².